The molecule has 2 rings (SSSR count). The number of aromatic nitrogens is 1. The van der Waals surface area contributed by atoms with Crippen molar-refractivity contribution in [1.82, 2.24) is 9.88 Å². The standard InChI is InChI=1S/C12H15BrN2O2/c1-12(2)8-17-7-6-15(12)11(16)10-9(13)4-3-5-14-10/h3-5H,6-8H2,1-2H3. The number of amides is 1. The van der Waals surface area contributed by atoms with Crippen LogP contribution in [0.4, 0.5) is 0 Å². The molecule has 5 heteroatoms. The smallest absolute Gasteiger partial charge is 0.274 e. The minimum absolute atomic E-state index is 0.0502. The molecule has 0 spiro atoms. The molecule has 1 saturated heterocycles. The second-order valence-corrected chi connectivity index (χ2v) is 5.51. The normalized spacial score (nSPS) is 19.1. The summed E-state index contributed by atoms with van der Waals surface area (Å²) in [7, 11) is 0. The average molecular weight is 299 g/mol. The van der Waals surface area contributed by atoms with Gasteiger partial charge < -0.3 is 9.64 Å². The van der Waals surface area contributed by atoms with E-state index in [4.69, 9.17) is 4.74 Å². The molecule has 0 unspecified atom stereocenters. The SMILES string of the molecule is CC1(C)COCCN1C(=O)c1ncccc1Br. The van der Waals surface area contributed by atoms with Crippen LogP contribution in [-0.4, -0.2) is 41.1 Å². The minimum Gasteiger partial charge on any atom is -0.377 e. The first-order valence-corrected chi connectivity index (χ1v) is 6.32. The highest BCUT2D eigenvalue weighted by molar-refractivity contribution is 9.10. The van der Waals surface area contributed by atoms with E-state index >= 15 is 0 Å². The number of ether oxygens (including phenoxy) is 1. The zero-order chi connectivity index (χ0) is 12.5. The summed E-state index contributed by atoms with van der Waals surface area (Å²) in [5.41, 5.74) is 0.175. The van der Waals surface area contributed by atoms with E-state index in [1.54, 1.807) is 12.3 Å². The molecule has 1 aliphatic rings. The van der Waals surface area contributed by atoms with Gasteiger partial charge in [0.25, 0.3) is 5.91 Å². The number of carbonyl (C=O) groups is 1. The number of hydrogen-bond donors (Lipinski definition) is 0. The molecule has 0 radical (unpaired) electrons. The molecular formula is C12H15BrN2O2. The Labute approximate surface area is 109 Å². The fourth-order valence-electron chi connectivity index (χ4n) is 1.91. The summed E-state index contributed by atoms with van der Waals surface area (Å²) in [5.74, 6) is -0.0502. The number of rotatable bonds is 1. The second kappa shape index (κ2) is 4.74. The van der Waals surface area contributed by atoms with Gasteiger partial charge in [-0.05, 0) is 41.9 Å². The Balaban J connectivity index is 2.28. The van der Waals surface area contributed by atoms with Gasteiger partial charge >= 0.3 is 0 Å². The molecule has 92 valence electrons. The fourth-order valence-corrected chi connectivity index (χ4v) is 2.33. The summed E-state index contributed by atoms with van der Waals surface area (Å²) in [4.78, 5) is 18.4. The molecule has 0 bridgehead atoms. The summed E-state index contributed by atoms with van der Waals surface area (Å²) >= 11 is 3.36. The van der Waals surface area contributed by atoms with Crippen LogP contribution in [0.1, 0.15) is 24.3 Å². The molecular weight excluding hydrogens is 284 g/mol. The monoisotopic (exact) mass is 298 g/mol. The van der Waals surface area contributed by atoms with Gasteiger partial charge in [-0.1, -0.05) is 0 Å². The topological polar surface area (TPSA) is 42.4 Å². The lowest BCUT2D eigenvalue weighted by Gasteiger charge is -2.41. The van der Waals surface area contributed by atoms with E-state index in [1.807, 2.05) is 24.8 Å². The lowest BCUT2D eigenvalue weighted by molar-refractivity contribution is -0.0373. The number of carbonyl (C=O) groups excluding carboxylic acids is 1. The summed E-state index contributed by atoms with van der Waals surface area (Å²) in [5, 5.41) is 0. The van der Waals surface area contributed by atoms with Gasteiger partial charge in [0.15, 0.2) is 0 Å². The molecule has 1 amide bonds. The van der Waals surface area contributed by atoms with E-state index in [1.165, 1.54) is 0 Å². The van der Waals surface area contributed by atoms with Crippen molar-refractivity contribution >= 4 is 21.8 Å². The molecule has 0 atom stereocenters. The quantitative estimate of drug-likeness (QED) is 0.797. The predicted molar refractivity (Wildman–Crippen MR) is 67.9 cm³/mol. The maximum Gasteiger partial charge on any atom is 0.274 e. The van der Waals surface area contributed by atoms with Crippen LogP contribution in [-0.2, 0) is 4.74 Å². The van der Waals surface area contributed by atoms with E-state index < -0.39 is 0 Å². The molecule has 4 nitrogen and oxygen atoms in total. The Morgan fingerprint density at radius 3 is 3.00 bits per heavy atom. The van der Waals surface area contributed by atoms with Gasteiger partial charge in [-0.15, -0.1) is 0 Å². The Hall–Kier alpha value is -0.940. The van der Waals surface area contributed by atoms with Crippen LogP contribution in [0.15, 0.2) is 22.8 Å². The van der Waals surface area contributed by atoms with Crippen molar-refractivity contribution in [2.24, 2.45) is 0 Å². The molecule has 2 heterocycles. The van der Waals surface area contributed by atoms with Gasteiger partial charge in [-0.2, -0.15) is 0 Å². The first-order chi connectivity index (χ1) is 8.02. The van der Waals surface area contributed by atoms with Gasteiger partial charge in [-0.3, -0.25) is 4.79 Å². The average Bonchev–Trinajstić information content (AvgIpc) is 2.28. The third-order valence-electron chi connectivity index (χ3n) is 2.85. The summed E-state index contributed by atoms with van der Waals surface area (Å²) in [6.07, 6.45) is 1.63. The highest BCUT2D eigenvalue weighted by Crippen LogP contribution is 2.23. The first kappa shape index (κ1) is 12.5. The van der Waals surface area contributed by atoms with Crippen LogP contribution >= 0.6 is 15.9 Å². The number of pyridine rings is 1. The van der Waals surface area contributed by atoms with Crippen LogP contribution in [0.2, 0.25) is 0 Å². The molecule has 1 aliphatic heterocycles. The molecule has 1 aromatic heterocycles. The predicted octanol–water partition coefficient (Wildman–Crippen LogP) is 2.10. The zero-order valence-electron chi connectivity index (χ0n) is 9.94. The van der Waals surface area contributed by atoms with E-state index in [0.29, 0.717) is 25.5 Å². The maximum absolute atomic E-state index is 12.4. The molecule has 0 saturated carbocycles. The zero-order valence-corrected chi connectivity index (χ0v) is 11.5. The maximum atomic E-state index is 12.4. The molecule has 0 N–H and O–H groups in total. The van der Waals surface area contributed by atoms with E-state index in [0.717, 1.165) is 4.47 Å². The largest absolute Gasteiger partial charge is 0.377 e. The number of nitrogens with zero attached hydrogens (tertiary/aromatic N) is 2. The van der Waals surface area contributed by atoms with Crippen molar-refractivity contribution in [3.63, 3.8) is 0 Å². The van der Waals surface area contributed by atoms with Crippen molar-refractivity contribution in [1.29, 1.82) is 0 Å². The third kappa shape index (κ3) is 2.50. The van der Waals surface area contributed by atoms with E-state index in [9.17, 15) is 4.79 Å². The third-order valence-corrected chi connectivity index (χ3v) is 3.49. The molecule has 0 aliphatic carbocycles. The van der Waals surface area contributed by atoms with Crippen molar-refractivity contribution in [2.75, 3.05) is 19.8 Å². The van der Waals surface area contributed by atoms with Crippen LogP contribution in [0, 0.1) is 0 Å². The second-order valence-electron chi connectivity index (χ2n) is 4.66. The van der Waals surface area contributed by atoms with Crippen molar-refractivity contribution in [2.45, 2.75) is 19.4 Å². The number of halogens is 1. The Bertz CT molecular complexity index is 434. The van der Waals surface area contributed by atoms with E-state index in [-0.39, 0.29) is 11.4 Å². The molecule has 17 heavy (non-hydrogen) atoms. The van der Waals surface area contributed by atoms with Gasteiger partial charge in [0.1, 0.15) is 5.69 Å². The Morgan fingerprint density at radius 1 is 1.59 bits per heavy atom. The van der Waals surface area contributed by atoms with Gasteiger partial charge in [-0.25, -0.2) is 4.98 Å². The van der Waals surface area contributed by atoms with E-state index in [2.05, 4.69) is 20.9 Å². The van der Waals surface area contributed by atoms with Gasteiger partial charge in [0, 0.05) is 17.2 Å². The molecule has 1 fully saturated rings. The van der Waals surface area contributed by atoms with Crippen molar-refractivity contribution < 1.29 is 9.53 Å². The molecule has 0 aromatic carbocycles. The fraction of sp³-hybridized carbons (Fsp3) is 0.500. The van der Waals surface area contributed by atoms with Gasteiger partial charge in [0.2, 0.25) is 0 Å². The summed E-state index contributed by atoms with van der Waals surface area (Å²) in [6.45, 7) is 5.75. The minimum atomic E-state index is -0.285. The number of morpholine rings is 1. The lowest BCUT2D eigenvalue weighted by Crippen LogP contribution is -2.55. The van der Waals surface area contributed by atoms with Crippen LogP contribution in [0.25, 0.3) is 0 Å². The van der Waals surface area contributed by atoms with Crippen molar-refractivity contribution in [3.05, 3.63) is 28.5 Å². The first-order valence-electron chi connectivity index (χ1n) is 5.52. The van der Waals surface area contributed by atoms with Crippen LogP contribution in [0.5, 0.6) is 0 Å². The summed E-state index contributed by atoms with van der Waals surface area (Å²) < 4.78 is 6.13. The lowest BCUT2D eigenvalue weighted by atomic mass is 10.0. The van der Waals surface area contributed by atoms with Crippen LogP contribution < -0.4 is 0 Å². The highest BCUT2D eigenvalue weighted by Gasteiger charge is 2.35. The summed E-state index contributed by atoms with van der Waals surface area (Å²) in [6, 6.07) is 3.62. The highest BCUT2D eigenvalue weighted by atomic mass is 79.9. The number of hydrogen-bond acceptors (Lipinski definition) is 3. The molecule has 1 aromatic rings. The van der Waals surface area contributed by atoms with Gasteiger partial charge in [0.05, 0.1) is 18.8 Å². The van der Waals surface area contributed by atoms with Crippen LogP contribution in [0.3, 0.4) is 0 Å². The van der Waals surface area contributed by atoms with Crippen molar-refractivity contribution in [3.8, 4) is 0 Å². The Kier molecular flexibility index (Phi) is 3.49. The Morgan fingerprint density at radius 2 is 2.35 bits per heavy atom.